The van der Waals surface area contributed by atoms with Crippen LogP contribution in [-0.4, -0.2) is 31.4 Å². The lowest BCUT2D eigenvalue weighted by molar-refractivity contribution is 0.173. The maximum Gasteiger partial charge on any atom is 0.0492 e. The van der Waals surface area contributed by atoms with Gasteiger partial charge < -0.3 is 21.4 Å². The Balaban J connectivity index is 1.94. The van der Waals surface area contributed by atoms with Crippen LogP contribution >= 0.6 is 11.6 Å². The van der Waals surface area contributed by atoms with Gasteiger partial charge in [0.15, 0.2) is 0 Å². The Bertz CT molecular complexity index is 510. The van der Waals surface area contributed by atoms with Crippen molar-refractivity contribution in [2.45, 2.75) is 24.8 Å². The summed E-state index contributed by atoms with van der Waals surface area (Å²) >= 11 is 6.12. The van der Waals surface area contributed by atoms with E-state index in [0.717, 1.165) is 30.9 Å². The molecule has 1 aromatic rings. The van der Waals surface area contributed by atoms with E-state index in [9.17, 15) is 0 Å². The standard InChI is InChI=1S/C14H19ClN4/c15-10-6-12(17)11(8-16)13(7-10)19-5-4-18-14(9-19)2-1-3-14/h6-8,16,18H,1-5,9,17H2. The van der Waals surface area contributed by atoms with Crippen LogP contribution in [0.3, 0.4) is 0 Å². The van der Waals surface area contributed by atoms with Gasteiger partial charge in [-0.1, -0.05) is 11.6 Å². The Morgan fingerprint density at radius 3 is 2.84 bits per heavy atom. The van der Waals surface area contributed by atoms with Crippen LogP contribution in [-0.2, 0) is 0 Å². The molecule has 0 aromatic heterocycles. The van der Waals surface area contributed by atoms with Gasteiger partial charge in [-0.2, -0.15) is 0 Å². The fourth-order valence-corrected chi connectivity index (χ4v) is 3.36. The average Bonchev–Trinajstić information content (AvgIpc) is 2.36. The molecule has 1 saturated heterocycles. The molecule has 1 saturated carbocycles. The van der Waals surface area contributed by atoms with Crippen LogP contribution in [0.25, 0.3) is 0 Å². The molecule has 0 radical (unpaired) electrons. The predicted octanol–water partition coefficient (Wildman–Crippen LogP) is 2.25. The fraction of sp³-hybridized carbons (Fsp3) is 0.500. The molecule has 3 rings (SSSR count). The van der Waals surface area contributed by atoms with Gasteiger partial charge in [0.25, 0.3) is 0 Å². The lowest BCUT2D eigenvalue weighted by atomic mass is 9.75. The maximum atomic E-state index is 7.58. The third kappa shape index (κ3) is 2.19. The summed E-state index contributed by atoms with van der Waals surface area (Å²) in [6.07, 6.45) is 5.10. The van der Waals surface area contributed by atoms with Crippen LogP contribution in [0.4, 0.5) is 11.4 Å². The minimum atomic E-state index is 0.272. The highest BCUT2D eigenvalue weighted by Crippen LogP contribution is 2.37. The smallest absolute Gasteiger partial charge is 0.0492 e. The maximum absolute atomic E-state index is 7.58. The van der Waals surface area contributed by atoms with Crippen molar-refractivity contribution in [1.82, 2.24) is 5.32 Å². The van der Waals surface area contributed by atoms with Gasteiger partial charge in [0.1, 0.15) is 0 Å². The lowest BCUT2D eigenvalue weighted by Crippen LogP contribution is -2.64. The van der Waals surface area contributed by atoms with Crippen LogP contribution in [0.2, 0.25) is 5.02 Å². The number of nitrogens with zero attached hydrogens (tertiary/aromatic N) is 1. The summed E-state index contributed by atoms with van der Waals surface area (Å²) < 4.78 is 0. The molecule has 5 heteroatoms. The minimum Gasteiger partial charge on any atom is -0.398 e. The van der Waals surface area contributed by atoms with Crippen molar-refractivity contribution in [2.75, 3.05) is 30.3 Å². The van der Waals surface area contributed by atoms with Crippen molar-refractivity contribution in [2.24, 2.45) is 0 Å². The van der Waals surface area contributed by atoms with Gasteiger partial charge in [0.2, 0.25) is 0 Å². The zero-order valence-corrected chi connectivity index (χ0v) is 11.6. The lowest BCUT2D eigenvalue weighted by Gasteiger charge is -2.50. The Morgan fingerprint density at radius 2 is 2.21 bits per heavy atom. The van der Waals surface area contributed by atoms with Gasteiger partial charge in [0, 0.05) is 53.3 Å². The van der Waals surface area contributed by atoms with E-state index >= 15 is 0 Å². The van der Waals surface area contributed by atoms with E-state index in [-0.39, 0.29) is 5.54 Å². The number of anilines is 2. The molecule has 1 aromatic carbocycles. The summed E-state index contributed by atoms with van der Waals surface area (Å²) in [5, 5.41) is 11.9. The van der Waals surface area contributed by atoms with E-state index in [1.54, 1.807) is 6.07 Å². The topological polar surface area (TPSA) is 65.1 Å². The van der Waals surface area contributed by atoms with E-state index < -0.39 is 0 Å². The van der Waals surface area contributed by atoms with Gasteiger partial charge in [-0.25, -0.2) is 0 Å². The molecule has 0 atom stereocenters. The zero-order chi connectivity index (χ0) is 13.5. The molecular weight excluding hydrogens is 260 g/mol. The van der Waals surface area contributed by atoms with Crippen molar-refractivity contribution in [3.8, 4) is 0 Å². The number of nitrogens with two attached hydrogens (primary N) is 1. The second kappa shape index (κ2) is 4.69. The van der Waals surface area contributed by atoms with Crippen LogP contribution < -0.4 is 16.0 Å². The van der Waals surface area contributed by atoms with Gasteiger partial charge in [-0.15, -0.1) is 0 Å². The number of piperazine rings is 1. The van der Waals surface area contributed by atoms with Crippen molar-refractivity contribution >= 4 is 29.2 Å². The highest BCUT2D eigenvalue weighted by Gasteiger charge is 2.40. The van der Waals surface area contributed by atoms with E-state index in [1.807, 2.05) is 6.07 Å². The van der Waals surface area contributed by atoms with Gasteiger partial charge >= 0.3 is 0 Å². The molecule has 102 valence electrons. The first-order chi connectivity index (χ1) is 9.13. The third-order valence-electron chi connectivity index (χ3n) is 4.33. The van der Waals surface area contributed by atoms with Crippen LogP contribution in [0.1, 0.15) is 24.8 Å². The molecule has 1 spiro atoms. The SMILES string of the molecule is N=Cc1c(N)cc(Cl)cc1N1CCNC2(CCC2)C1. The Morgan fingerprint density at radius 1 is 1.42 bits per heavy atom. The molecule has 2 aliphatic rings. The summed E-state index contributed by atoms with van der Waals surface area (Å²) in [5.41, 5.74) is 8.60. The molecule has 1 aliphatic heterocycles. The number of nitrogens with one attached hydrogen (secondary N) is 2. The molecule has 4 nitrogen and oxygen atoms in total. The number of halogens is 1. The van der Waals surface area contributed by atoms with Crippen molar-refractivity contribution in [3.05, 3.63) is 22.7 Å². The van der Waals surface area contributed by atoms with E-state index in [0.29, 0.717) is 10.7 Å². The van der Waals surface area contributed by atoms with Crippen LogP contribution in [0.5, 0.6) is 0 Å². The summed E-state index contributed by atoms with van der Waals surface area (Å²) in [4.78, 5) is 2.32. The predicted molar refractivity (Wildman–Crippen MR) is 80.5 cm³/mol. The molecule has 19 heavy (non-hydrogen) atoms. The van der Waals surface area contributed by atoms with Gasteiger partial charge in [0.05, 0.1) is 0 Å². The molecule has 0 unspecified atom stereocenters. The molecule has 0 bridgehead atoms. The summed E-state index contributed by atoms with van der Waals surface area (Å²) in [5.74, 6) is 0. The highest BCUT2D eigenvalue weighted by atomic mass is 35.5. The number of hydrogen-bond acceptors (Lipinski definition) is 4. The first-order valence-corrected chi connectivity index (χ1v) is 7.11. The monoisotopic (exact) mass is 278 g/mol. The summed E-state index contributed by atoms with van der Waals surface area (Å²) in [6, 6.07) is 3.64. The Labute approximate surface area is 118 Å². The largest absolute Gasteiger partial charge is 0.398 e. The first-order valence-electron chi connectivity index (χ1n) is 6.73. The number of hydrogen-bond donors (Lipinski definition) is 3. The second-order valence-electron chi connectivity index (χ2n) is 5.55. The third-order valence-corrected chi connectivity index (χ3v) is 4.54. The summed E-state index contributed by atoms with van der Waals surface area (Å²) in [7, 11) is 0. The Hall–Kier alpha value is -1.26. The van der Waals surface area contributed by atoms with Crippen molar-refractivity contribution in [3.63, 3.8) is 0 Å². The highest BCUT2D eigenvalue weighted by molar-refractivity contribution is 6.31. The number of benzene rings is 1. The van der Waals surface area contributed by atoms with Crippen molar-refractivity contribution < 1.29 is 0 Å². The van der Waals surface area contributed by atoms with Gasteiger partial charge in [-0.3, -0.25) is 0 Å². The second-order valence-corrected chi connectivity index (χ2v) is 5.99. The van der Waals surface area contributed by atoms with E-state index in [1.165, 1.54) is 25.5 Å². The average molecular weight is 279 g/mol. The van der Waals surface area contributed by atoms with E-state index in [4.69, 9.17) is 22.7 Å². The number of rotatable bonds is 2. The molecule has 2 fully saturated rings. The molecule has 1 heterocycles. The normalized spacial score (nSPS) is 21.2. The Kier molecular flexibility index (Phi) is 3.15. The summed E-state index contributed by atoms with van der Waals surface area (Å²) in [6.45, 7) is 2.89. The zero-order valence-electron chi connectivity index (χ0n) is 10.9. The van der Waals surface area contributed by atoms with Crippen molar-refractivity contribution in [1.29, 1.82) is 5.41 Å². The first kappa shape index (κ1) is 12.8. The van der Waals surface area contributed by atoms with Crippen LogP contribution in [0, 0.1) is 5.41 Å². The molecule has 4 N–H and O–H groups in total. The quantitative estimate of drug-likeness (QED) is 0.574. The molecule has 0 amide bonds. The fourth-order valence-electron chi connectivity index (χ4n) is 3.14. The minimum absolute atomic E-state index is 0.272. The van der Waals surface area contributed by atoms with Gasteiger partial charge in [-0.05, 0) is 31.4 Å². The van der Waals surface area contributed by atoms with Crippen LogP contribution in [0.15, 0.2) is 12.1 Å². The molecular formula is C14H19ClN4. The molecule has 1 aliphatic carbocycles. The van der Waals surface area contributed by atoms with E-state index in [2.05, 4.69) is 10.2 Å². The number of nitrogen functional groups attached to an aromatic ring is 1.